The van der Waals surface area contributed by atoms with E-state index in [1.54, 1.807) is 14.2 Å². The van der Waals surface area contributed by atoms with Crippen LogP contribution in [0, 0.1) is 0 Å². The van der Waals surface area contributed by atoms with Crippen LogP contribution in [0.5, 0.6) is 11.5 Å². The van der Waals surface area contributed by atoms with E-state index < -0.39 is 0 Å². The molecular formula is C17H16BrNO3. The van der Waals surface area contributed by atoms with Gasteiger partial charge >= 0.3 is 0 Å². The summed E-state index contributed by atoms with van der Waals surface area (Å²) in [5.41, 5.74) is 2.96. The molecule has 1 heterocycles. The minimum Gasteiger partial charge on any atom is -0.493 e. The second-order valence-electron chi connectivity index (χ2n) is 5.15. The van der Waals surface area contributed by atoms with E-state index in [4.69, 9.17) is 9.47 Å². The van der Waals surface area contributed by atoms with Gasteiger partial charge in [-0.2, -0.15) is 0 Å². The standard InChI is InChI=1S/C17H16BrNO3/c1-21-15-9-10(8-13(18)16(15)22-2)7-12-11-5-3-4-6-14(11)19-17(12)20/h3-6,8-9,12H,7H2,1-2H3,(H,19,20). The topological polar surface area (TPSA) is 47.6 Å². The van der Waals surface area contributed by atoms with E-state index in [2.05, 4.69) is 21.2 Å². The van der Waals surface area contributed by atoms with Gasteiger partial charge in [-0.25, -0.2) is 0 Å². The Balaban J connectivity index is 1.94. The summed E-state index contributed by atoms with van der Waals surface area (Å²) < 4.78 is 11.5. The third-order valence-electron chi connectivity index (χ3n) is 3.84. The molecule has 1 unspecified atom stereocenters. The predicted molar refractivity (Wildman–Crippen MR) is 88.8 cm³/mol. The fraction of sp³-hybridized carbons (Fsp3) is 0.235. The number of para-hydroxylation sites is 1. The minimum atomic E-state index is -0.179. The largest absolute Gasteiger partial charge is 0.493 e. The molecule has 0 bridgehead atoms. The summed E-state index contributed by atoms with van der Waals surface area (Å²) >= 11 is 3.49. The molecule has 0 aromatic heterocycles. The van der Waals surface area contributed by atoms with Crippen LogP contribution in [0.3, 0.4) is 0 Å². The number of ether oxygens (including phenoxy) is 2. The van der Waals surface area contributed by atoms with E-state index in [9.17, 15) is 4.79 Å². The van der Waals surface area contributed by atoms with Gasteiger partial charge in [0.25, 0.3) is 0 Å². The van der Waals surface area contributed by atoms with Crippen molar-refractivity contribution in [2.75, 3.05) is 19.5 Å². The van der Waals surface area contributed by atoms with Gasteiger partial charge in [0.15, 0.2) is 11.5 Å². The monoisotopic (exact) mass is 361 g/mol. The number of halogens is 1. The number of fused-ring (bicyclic) bond motifs is 1. The molecule has 3 rings (SSSR count). The van der Waals surface area contributed by atoms with Crippen LogP contribution in [0.2, 0.25) is 0 Å². The summed E-state index contributed by atoms with van der Waals surface area (Å²) in [7, 11) is 3.20. The van der Waals surface area contributed by atoms with Crippen molar-refractivity contribution in [1.82, 2.24) is 0 Å². The summed E-state index contributed by atoms with van der Waals surface area (Å²) in [4.78, 5) is 12.2. The number of benzene rings is 2. The number of anilines is 1. The first-order valence-electron chi connectivity index (χ1n) is 6.94. The minimum absolute atomic E-state index is 0.0344. The zero-order chi connectivity index (χ0) is 15.7. The Labute approximate surface area is 137 Å². The summed E-state index contributed by atoms with van der Waals surface area (Å²) in [6.45, 7) is 0. The van der Waals surface area contributed by atoms with Gasteiger partial charge in [-0.3, -0.25) is 4.79 Å². The molecule has 1 aliphatic heterocycles. The van der Waals surface area contributed by atoms with Crippen molar-refractivity contribution in [2.45, 2.75) is 12.3 Å². The predicted octanol–water partition coefficient (Wildman–Crippen LogP) is 3.74. The molecule has 0 fully saturated rings. The van der Waals surface area contributed by atoms with Gasteiger partial charge in [-0.1, -0.05) is 18.2 Å². The number of nitrogens with one attached hydrogen (secondary N) is 1. The molecule has 4 nitrogen and oxygen atoms in total. The zero-order valence-corrected chi connectivity index (χ0v) is 13.9. The number of rotatable bonds is 4. The lowest BCUT2D eigenvalue weighted by molar-refractivity contribution is -0.117. The van der Waals surface area contributed by atoms with Gasteiger partial charge in [0.1, 0.15) is 0 Å². The van der Waals surface area contributed by atoms with Crippen LogP contribution in [0.4, 0.5) is 5.69 Å². The number of carbonyl (C=O) groups excluding carboxylic acids is 1. The molecule has 0 radical (unpaired) electrons. The van der Waals surface area contributed by atoms with Crippen LogP contribution in [-0.4, -0.2) is 20.1 Å². The fourth-order valence-electron chi connectivity index (χ4n) is 2.80. The molecule has 0 spiro atoms. The molecule has 22 heavy (non-hydrogen) atoms. The number of carbonyl (C=O) groups is 1. The molecular weight excluding hydrogens is 346 g/mol. The highest BCUT2D eigenvalue weighted by Gasteiger charge is 2.30. The maximum absolute atomic E-state index is 12.2. The lowest BCUT2D eigenvalue weighted by Gasteiger charge is -2.14. The Kier molecular flexibility index (Phi) is 4.07. The summed E-state index contributed by atoms with van der Waals surface area (Å²) in [6.07, 6.45) is 0.613. The lowest BCUT2D eigenvalue weighted by atomic mass is 9.93. The quantitative estimate of drug-likeness (QED) is 0.901. The molecule has 0 saturated carbocycles. The van der Waals surface area contributed by atoms with Crippen molar-refractivity contribution in [3.05, 3.63) is 52.0 Å². The Morgan fingerprint density at radius 1 is 1.18 bits per heavy atom. The maximum atomic E-state index is 12.2. The van der Waals surface area contributed by atoms with Crippen LogP contribution in [0.1, 0.15) is 17.0 Å². The van der Waals surface area contributed by atoms with Gasteiger partial charge < -0.3 is 14.8 Å². The van der Waals surface area contributed by atoms with Crippen molar-refractivity contribution in [3.8, 4) is 11.5 Å². The highest BCUT2D eigenvalue weighted by molar-refractivity contribution is 9.10. The van der Waals surface area contributed by atoms with Gasteiger partial charge in [0, 0.05) is 5.69 Å². The van der Waals surface area contributed by atoms with Crippen LogP contribution in [0.25, 0.3) is 0 Å². The Hall–Kier alpha value is -2.01. The molecule has 114 valence electrons. The Bertz CT molecular complexity index is 730. The van der Waals surface area contributed by atoms with Crippen LogP contribution < -0.4 is 14.8 Å². The van der Waals surface area contributed by atoms with Gasteiger partial charge in [0.05, 0.1) is 24.6 Å². The smallest absolute Gasteiger partial charge is 0.232 e. The second kappa shape index (κ2) is 6.01. The van der Waals surface area contributed by atoms with Crippen molar-refractivity contribution in [1.29, 1.82) is 0 Å². The van der Waals surface area contributed by atoms with E-state index in [0.29, 0.717) is 17.9 Å². The summed E-state index contributed by atoms with van der Waals surface area (Å²) in [5.74, 6) is 1.16. The zero-order valence-electron chi connectivity index (χ0n) is 12.4. The number of hydrogen-bond donors (Lipinski definition) is 1. The summed E-state index contributed by atoms with van der Waals surface area (Å²) in [5, 5.41) is 2.93. The maximum Gasteiger partial charge on any atom is 0.232 e. The normalized spacial score (nSPS) is 16.1. The first-order valence-corrected chi connectivity index (χ1v) is 7.73. The van der Waals surface area contributed by atoms with Crippen LogP contribution in [-0.2, 0) is 11.2 Å². The van der Waals surface area contributed by atoms with Gasteiger partial charge in [-0.05, 0) is 51.7 Å². The van der Waals surface area contributed by atoms with E-state index >= 15 is 0 Å². The van der Waals surface area contributed by atoms with E-state index in [1.807, 2.05) is 36.4 Å². The second-order valence-corrected chi connectivity index (χ2v) is 6.00. The van der Waals surface area contributed by atoms with Gasteiger partial charge in [0.2, 0.25) is 5.91 Å². The molecule has 5 heteroatoms. The fourth-order valence-corrected chi connectivity index (χ4v) is 3.45. The molecule has 1 atom stereocenters. The average molecular weight is 362 g/mol. The SMILES string of the molecule is COc1cc(CC2C(=O)Nc3ccccc32)cc(Br)c1OC. The molecule has 0 saturated heterocycles. The third kappa shape index (κ3) is 2.57. The lowest BCUT2D eigenvalue weighted by Crippen LogP contribution is -2.14. The molecule has 1 aliphatic rings. The molecule has 1 N–H and O–H groups in total. The Morgan fingerprint density at radius 2 is 1.95 bits per heavy atom. The molecule has 2 aromatic rings. The van der Waals surface area contributed by atoms with Crippen LogP contribution >= 0.6 is 15.9 Å². The number of methoxy groups -OCH3 is 2. The molecule has 1 amide bonds. The third-order valence-corrected chi connectivity index (χ3v) is 4.43. The molecule has 2 aromatic carbocycles. The highest BCUT2D eigenvalue weighted by atomic mass is 79.9. The van der Waals surface area contributed by atoms with Crippen molar-refractivity contribution < 1.29 is 14.3 Å². The van der Waals surface area contributed by atoms with Crippen molar-refractivity contribution in [3.63, 3.8) is 0 Å². The molecule has 0 aliphatic carbocycles. The first-order chi connectivity index (χ1) is 10.6. The van der Waals surface area contributed by atoms with Crippen molar-refractivity contribution in [2.24, 2.45) is 0 Å². The van der Waals surface area contributed by atoms with Crippen molar-refractivity contribution >= 4 is 27.5 Å². The van der Waals surface area contributed by atoms with Crippen LogP contribution in [0.15, 0.2) is 40.9 Å². The van der Waals surface area contributed by atoms with E-state index in [-0.39, 0.29) is 11.8 Å². The van der Waals surface area contributed by atoms with E-state index in [0.717, 1.165) is 21.3 Å². The number of hydrogen-bond acceptors (Lipinski definition) is 3. The average Bonchev–Trinajstić information content (AvgIpc) is 2.83. The van der Waals surface area contributed by atoms with Gasteiger partial charge in [-0.15, -0.1) is 0 Å². The Morgan fingerprint density at radius 3 is 2.68 bits per heavy atom. The van der Waals surface area contributed by atoms with E-state index in [1.165, 1.54) is 0 Å². The number of amides is 1. The highest BCUT2D eigenvalue weighted by Crippen LogP contribution is 2.39. The first kappa shape index (κ1) is 14.9. The summed E-state index contributed by atoms with van der Waals surface area (Å²) in [6, 6.07) is 11.7.